The summed E-state index contributed by atoms with van der Waals surface area (Å²) in [6.45, 7) is 5.09. The first kappa shape index (κ1) is 19.6. The Morgan fingerprint density at radius 2 is 2.00 bits per heavy atom. The van der Waals surface area contributed by atoms with E-state index in [1.807, 2.05) is 0 Å². The number of nitrogens with one attached hydrogen (secondary N) is 2. The van der Waals surface area contributed by atoms with Gasteiger partial charge in [0.05, 0.1) is 19.8 Å². The Bertz CT molecular complexity index is 687. The van der Waals surface area contributed by atoms with Crippen LogP contribution in [0.25, 0.3) is 0 Å². The van der Waals surface area contributed by atoms with Crippen LogP contribution >= 0.6 is 0 Å². The van der Waals surface area contributed by atoms with Gasteiger partial charge in [-0.3, -0.25) is 0 Å². The van der Waals surface area contributed by atoms with Gasteiger partial charge in [-0.2, -0.15) is 0 Å². The Morgan fingerprint density at radius 1 is 1.28 bits per heavy atom. The molecule has 0 bridgehead atoms. The van der Waals surface area contributed by atoms with Gasteiger partial charge >= 0.3 is 5.97 Å². The Balaban J connectivity index is 1.97. The lowest BCUT2D eigenvalue weighted by molar-refractivity contribution is 0.0600. The first-order valence-electron chi connectivity index (χ1n) is 8.17. The van der Waals surface area contributed by atoms with Gasteiger partial charge in [0, 0.05) is 32.7 Å². The third-order valence-electron chi connectivity index (χ3n) is 4.03. The molecule has 0 atom stereocenters. The monoisotopic (exact) mass is 371 g/mol. The van der Waals surface area contributed by atoms with Gasteiger partial charge in [0.15, 0.2) is 0 Å². The van der Waals surface area contributed by atoms with Crippen molar-refractivity contribution in [3.05, 3.63) is 23.8 Å². The smallest absolute Gasteiger partial charge is 0.337 e. The van der Waals surface area contributed by atoms with E-state index in [0.717, 1.165) is 39.1 Å². The van der Waals surface area contributed by atoms with Gasteiger partial charge in [-0.1, -0.05) is 0 Å². The molecule has 140 valence electrons. The van der Waals surface area contributed by atoms with Gasteiger partial charge in [-0.25, -0.2) is 17.9 Å². The molecular formula is C16H25N3O5S. The van der Waals surface area contributed by atoms with Crippen LogP contribution in [-0.2, 0) is 14.8 Å². The fourth-order valence-electron chi connectivity index (χ4n) is 2.66. The third-order valence-corrected chi connectivity index (χ3v) is 5.53. The maximum atomic E-state index is 12.5. The Morgan fingerprint density at radius 3 is 2.64 bits per heavy atom. The molecule has 0 amide bonds. The van der Waals surface area contributed by atoms with Crippen molar-refractivity contribution in [1.82, 2.24) is 14.9 Å². The molecule has 0 aromatic heterocycles. The number of hydrogen-bond donors (Lipinski definition) is 2. The second-order valence-electron chi connectivity index (χ2n) is 5.70. The maximum absolute atomic E-state index is 12.5. The van der Waals surface area contributed by atoms with Gasteiger partial charge in [-0.05, 0) is 31.2 Å². The molecule has 1 aromatic carbocycles. The number of benzene rings is 1. The lowest BCUT2D eigenvalue weighted by atomic mass is 10.2. The Hall–Kier alpha value is -1.68. The quantitative estimate of drug-likeness (QED) is 0.492. The van der Waals surface area contributed by atoms with Crippen LogP contribution in [0.1, 0.15) is 16.8 Å². The number of rotatable bonds is 8. The molecule has 1 saturated heterocycles. The van der Waals surface area contributed by atoms with Crippen molar-refractivity contribution in [2.24, 2.45) is 0 Å². The average Bonchev–Trinajstić information content (AvgIpc) is 2.64. The largest absolute Gasteiger partial charge is 0.495 e. The number of carbonyl (C=O) groups is 1. The highest BCUT2D eigenvalue weighted by Crippen LogP contribution is 2.25. The first-order chi connectivity index (χ1) is 12.0. The van der Waals surface area contributed by atoms with Crippen LogP contribution in [0.15, 0.2) is 23.1 Å². The highest BCUT2D eigenvalue weighted by Gasteiger charge is 2.21. The van der Waals surface area contributed by atoms with Crippen molar-refractivity contribution in [2.75, 3.05) is 53.5 Å². The van der Waals surface area contributed by atoms with Crippen LogP contribution in [0.5, 0.6) is 5.75 Å². The molecular weight excluding hydrogens is 346 g/mol. The zero-order valence-corrected chi connectivity index (χ0v) is 15.4. The zero-order valence-electron chi connectivity index (χ0n) is 14.6. The summed E-state index contributed by atoms with van der Waals surface area (Å²) in [4.78, 5) is 13.9. The molecule has 25 heavy (non-hydrogen) atoms. The lowest BCUT2D eigenvalue weighted by Gasteiger charge is -2.27. The van der Waals surface area contributed by atoms with E-state index in [9.17, 15) is 13.2 Å². The predicted molar refractivity (Wildman–Crippen MR) is 93.4 cm³/mol. The van der Waals surface area contributed by atoms with Crippen molar-refractivity contribution >= 4 is 16.0 Å². The highest BCUT2D eigenvalue weighted by molar-refractivity contribution is 7.89. The number of piperazine rings is 1. The molecule has 2 rings (SSSR count). The Kier molecular flexibility index (Phi) is 7.18. The highest BCUT2D eigenvalue weighted by atomic mass is 32.2. The van der Waals surface area contributed by atoms with Crippen LogP contribution < -0.4 is 14.8 Å². The zero-order chi connectivity index (χ0) is 18.3. The minimum absolute atomic E-state index is 0.00447. The summed E-state index contributed by atoms with van der Waals surface area (Å²) >= 11 is 0. The molecule has 1 fully saturated rings. The van der Waals surface area contributed by atoms with Crippen molar-refractivity contribution in [2.45, 2.75) is 11.3 Å². The van der Waals surface area contributed by atoms with Crippen molar-refractivity contribution in [3.63, 3.8) is 0 Å². The summed E-state index contributed by atoms with van der Waals surface area (Å²) in [6, 6.07) is 4.12. The first-order valence-corrected chi connectivity index (χ1v) is 9.65. The van der Waals surface area contributed by atoms with E-state index in [2.05, 4.69) is 19.7 Å². The van der Waals surface area contributed by atoms with E-state index in [-0.39, 0.29) is 16.2 Å². The second-order valence-corrected chi connectivity index (χ2v) is 7.44. The van der Waals surface area contributed by atoms with Crippen LogP contribution in [-0.4, -0.2) is 72.8 Å². The number of carbonyl (C=O) groups excluding carboxylic acids is 1. The number of ether oxygens (including phenoxy) is 2. The van der Waals surface area contributed by atoms with E-state index in [1.165, 1.54) is 32.4 Å². The summed E-state index contributed by atoms with van der Waals surface area (Å²) in [5.41, 5.74) is 0.233. The van der Waals surface area contributed by atoms with Gasteiger partial charge in [0.25, 0.3) is 0 Å². The van der Waals surface area contributed by atoms with Crippen molar-refractivity contribution in [1.29, 1.82) is 0 Å². The minimum atomic E-state index is -3.71. The number of hydrogen-bond acceptors (Lipinski definition) is 7. The fourth-order valence-corrected chi connectivity index (χ4v) is 3.88. The molecule has 1 aliphatic rings. The minimum Gasteiger partial charge on any atom is -0.495 e. The molecule has 0 radical (unpaired) electrons. The van der Waals surface area contributed by atoms with E-state index in [1.54, 1.807) is 0 Å². The molecule has 0 spiro atoms. The number of nitrogens with zero attached hydrogens (tertiary/aromatic N) is 1. The van der Waals surface area contributed by atoms with E-state index in [4.69, 9.17) is 4.74 Å². The van der Waals surface area contributed by atoms with Gasteiger partial charge in [-0.15, -0.1) is 0 Å². The SMILES string of the molecule is COC(=O)c1ccc(S(=O)(=O)NCCCN2CCNCC2)c(OC)c1. The molecule has 0 aliphatic carbocycles. The normalized spacial score (nSPS) is 15.8. The molecule has 1 aromatic rings. The predicted octanol–water partition coefficient (Wildman–Crippen LogP) is 0.0554. The standard InChI is InChI=1S/C16H25N3O5S/c1-23-14-12-13(16(20)24-2)4-5-15(14)25(21,22)18-6-3-9-19-10-7-17-8-11-19/h4-5,12,17-18H,3,6-11H2,1-2H3. The summed E-state index contributed by atoms with van der Waals surface area (Å²) in [5.74, 6) is -0.441. The second kappa shape index (κ2) is 9.14. The average molecular weight is 371 g/mol. The lowest BCUT2D eigenvalue weighted by Crippen LogP contribution is -2.44. The fraction of sp³-hybridized carbons (Fsp3) is 0.562. The number of esters is 1. The van der Waals surface area contributed by atoms with Crippen LogP contribution in [0.4, 0.5) is 0 Å². The molecule has 0 saturated carbocycles. The van der Waals surface area contributed by atoms with Gasteiger partial charge < -0.3 is 19.7 Å². The van der Waals surface area contributed by atoms with Gasteiger partial charge in [0.1, 0.15) is 10.6 Å². The molecule has 1 aliphatic heterocycles. The van der Waals surface area contributed by atoms with E-state index < -0.39 is 16.0 Å². The third kappa shape index (κ3) is 5.40. The molecule has 2 N–H and O–H groups in total. The van der Waals surface area contributed by atoms with Crippen LogP contribution in [0.2, 0.25) is 0 Å². The molecule has 0 unspecified atom stereocenters. The summed E-state index contributed by atoms with van der Waals surface area (Å²) in [7, 11) is -1.09. The van der Waals surface area contributed by atoms with Gasteiger partial charge in [0.2, 0.25) is 10.0 Å². The summed E-state index contributed by atoms with van der Waals surface area (Å²) in [5, 5.41) is 3.28. The molecule has 8 nitrogen and oxygen atoms in total. The molecule has 9 heteroatoms. The topological polar surface area (TPSA) is 97.0 Å². The van der Waals surface area contributed by atoms with Crippen molar-refractivity contribution < 1.29 is 22.7 Å². The summed E-state index contributed by atoms with van der Waals surface area (Å²) in [6.07, 6.45) is 0.724. The van der Waals surface area contributed by atoms with Crippen LogP contribution in [0, 0.1) is 0 Å². The molecule has 1 heterocycles. The van der Waals surface area contributed by atoms with Crippen LogP contribution in [0.3, 0.4) is 0 Å². The number of methoxy groups -OCH3 is 2. The van der Waals surface area contributed by atoms with Crippen molar-refractivity contribution in [3.8, 4) is 5.75 Å². The number of sulfonamides is 1. The summed E-state index contributed by atoms with van der Waals surface area (Å²) < 4.78 is 37.3. The maximum Gasteiger partial charge on any atom is 0.337 e. The van der Waals surface area contributed by atoms with E-state index in [0.29, 0.717) is 6.54 Å². The Labute approximate surface area is 148 Å². The van der Waals surface area contributed by atoms with E-state index >= 15 is 0 Å².